The SMILES string of the molecule is Cc1ccc(F)cc1CNc1ccccc1-n1ccnc1. The van der Waals surface area contributed by atoms with Gasteiger partial charge in [-0.15, -0.1) is 0 Å². The van der Waals surface area contributed by atoms with E-state index >= 15 is 0 Å². The minimum Gasteiger partial charge on any atom is -0.379 e. The summed E-state index contributed by atoms with van der Waals surface area (Å²) >= 11 is 0. The number of nitrogens with zero attached hydrogens (tertiary/aromatic N) is 2. The number of hydrogen-bond acceptors (Lipinski definition) is 2. The zero-order valence-electron chi connectivity index (χ0n) is 11.8. The van der Waals surface area contributed by atoms with Crippen molar-refractivity contribution in [2.75, 3.05) is 5.32 Å². The summed E-state index contributed by atoms with van der Waals surface area (Å²) in [7, 11) is 0. The van der Waals surface area contributed by atoms with Crippen LogP contribution in [0.15, 0.2) is 61.2 Å². The lowest BCUT2D eigenvalue weighted by molar-refractivity contribution is 0.625. The maximum absolute atomic E-state index is 13.3. The summed E-state index contributed by atoms with van der Waals surface area (Å²) in [6.07, 6.45) is 5.40. The number of rotatable bonds is 4. The molecule has 0 aliphatic carbocycles. The zero-order valence-corrected chi connectivity index (χ0v) is 11.8. The molecular formula is C17H16FN3. The summed E-state index contributed by atoms with van der Waals surface area (Å²) in [4.78, 5) is 4.07. The van der Waals surface area contributed by atoms with Crippen molar-refractivity contribution in [1.82, 2.24) is 9.55 Å². The quantitative estimate of drug-likeness (QED) is 0.785. The molecule has 3 aromatic rings. The van der Waals surface area contributed by atoms with Gasteiger partial charge in [-0.2, -0.15) is 0 Å². The highest BCUT2D eigenvalue weighted by atomic mass is 19.1. The number of imidazole rings is 1. The van der Waals surface area contributed by atoms with Crippen LogP contribution in [0.3, 0.4) is 0 Å². The third-order valence-corrected chi connectivity index (χ3v) is 3.47. The second kappa shape index (κ2) is 5.79. The highest BCUT2D eigenvalue weighted by Gasteiger charge is 2.05. The van der Waals surface area contributed by atoms with Gasteiger partial charge in [-0.05, 0) is 42.3 Å². The number of hydrogen-bond donors (Lipinski definition) is 1. The normalized spacial score (nSPS) is 10.6. The van der Waals surface area contributed by atoms with E-state index in [0.717, 1.165) is 22.5 Å². The molecule has 1 N–H and O–H groups in total. The molecule has 3 nitrogen and oxygen atoms in total. The van der Waals surface area contributed by atoms with Gasteiger partial charge in [-0.3, -0.25) is 0 Å². The summed E-state index contributed by atoms with van der Waals surface area (Å²) in [5.41, 5.74) is 4.03. The predicted molar refractivity (Wildman–Crippen MR) is 82.0 cm³/mol. The van der Waals surface area contributed by atoms with Crippen LogP contribution < -0.4 is 5.32 Å². The predicted octanol–water partition coefficient (Wildman–Crippen LogP) is 3.93. The largest absolute Gasteiger partial charge is 0.379 e. The number of benzene rings is 2. The molecule has 3 rings (SSSR count). The van der Waals surface area contributed by atoms with Crippen LogP contribution in [-0.2, 0) is 6.54 Å². The molecule has 4 heteroatoms. The molecule has 0 unspecified atom stereocenters. The molecule has 0 bridgehead atoms. The van der Waals surface area contributed by atoms with Crippen LogP contribution in [-0.4, -0.2) is 9.55 Å². The first-order valence-corrected chi connectivity index (χ1v) is 6.80. The lowest BCUT2D eigenvalue weighted by Gasteiger charge is -2.13. The van der Waals surface area contributed by atoms with Crippen LogP contribution in [0.2, 0.25) is 0 Å². The van der Waals surface area contributed by atoms with E-state index < -0.39 is 0 Å². The van der Waals surface area contributed by atoms with Gasteiger partial charge in [0.2, 0.25) is 0 Å². The van der Waals surface area contributed by atoms with E-state index in [4.69, 9.17) is 0 Å². The molecule has 0 saturated carbocycles. The van der Waals surface area contributed by atoms with Crippen molar-refractivity contribution >= 4 is 5.69 Å². The Morgan fingerprint density at radius 3 is 2.86 bits per heavy atom. The Bertz CT molecular complexity index is 736. The van der Waals surface area contributed by atoms with Crippen LogP contribution in [0.25, 0.3) is 5.69 Å². The maximum atomic E-state index is 13.3. The molecular weight excluding hydrogens is 265 g/mol. The number of para-hydroxylation sites is 2. The first kappa shape index (κ1) is 13.4. The topological polar surface area (TPSA) is 29.9 Å². The van der Waals surface area contributed by atoms with Gasteiger partial charge in [0.25, 0.3) is 0 Å². The van der Waals surface area contributed by atoms with Gasteiger partial charge in [0.15, 0.2) is 0 Å². The number of aromatic nitrogens is 2. The number of aryl methyl sites for hydroxylation is 1. The monoisotopic (exact) mass is 281 g/mol. The maximum Gasteiger partial charge on any atom is 0.123 e. The molecule has 21 heavy (non-hydrogen) atoms. The summed E-state index contributed by atoms with van der Waals surface area (Å²) in [6.45, 7) is 2.56. The highest BCUT2D eigenvalue weighted by Crippen LogP contribution is 2.21. The first-order valence-electron chi connectivity index (χ1n) is 6.80. The van der Waals surface area contributed by atoms with Crippen LogP contribution >= 0.6 is 0 Å². The fraction of sp³-hybridized carbons (Fsp3) is 0.118. The fourth-order valence-electron chi connectivity index (χ4n) is 2.27. The van der Waals surface area contributed by atoms with Gasteiger partial charge in [-0.25, -0.2) is 9.37 Å². The third kappa shape index (κ3) is 2.94. The van der Waals surface area contributed by atoms with Crippen molar-refractivity contribution in [2.45, 2.75) is 13.5 Å². The Balaban J connectivity index is 1.84. The molecule has 0 aliphatic heterocycles. The second-order valence-electron chi connectivity index (χ2n) is 4.91. The molecule has 1 heterocycles. The van der Waals surface area contributed by atoms with Crippen molar-refractivity contribution in [1.29, 1.82) is 0 Å². The molecule has 0 saturated heterocycles. The van der Waals surface area contributed by atoms with Crippen molar-refractivity contribution in [2.24, 2.45) is 0 Å². The van der Waals surface area contributed by atoms with Crippen molar-refractivity contribution in [3.05, 3.63) is 78.1 Å². The summed E-state index contributed by atoms with van der Waals surface area (Å²) in [6, 6.07) is 12.8. The van der Waals surface area contributed by atoms with Crippen LogP contribution in [0.1, 0.15) is 11.1 Å². The highest BCUT2D eigenvalue weighted by molar-refractivity contribution is 5.61. The average molecular weight is 281 g/mol. The van der Waals surface area contributed by atoms with Gasteiger partial charge >= 0.3 is 0 Å². The van der Waals surface area contributed by atoms with Crippen molar-refractivity contribution in [3.8, 4) is 5.69 Å². The lowest BCUT2D eigenvalue weighted by atomic mass is 10.1. The Hall–Kier alpha value is -2.62. The Morgan fingerprint density at radius 1 is 1.19 bits per heavy atom. The number of halogens is 1. The summed E-state index contributed by atoms with van der Waals surface area (Å²) in [5.74, 6) is -0.208. The fourth-order valence-corrected chi connectivity index (χ4v) is 2.27. The number of anilines is 1. The van der Waals surface area contributed by atoms with Gasteiger partial charge < -0.3 is 9.88 Å². The van der Waals surface area contributed by atoms with Crippen LogP contribution in [0, 0.1) is 12.7 Å². The van der Waals surface area contributed by atoms with Crippen molar-refractivity contribution < 1.29 is 4.39 Å². The third-order valence-electron chi connectivity index (χ3n) is 3.47. The van der Waals surface area contributed by atoms with Crippen LogP contribution in [0.4, 0.5) is 10.1 Å². The standard InChI is InChI=1S/C17H16FN3/c1-13-6-7-15(18)10-14(13)11-20-16-4-2-3-5-17(16)21-9-8-19-12-21/h2-10,12,20H,11H2,1H3. The van der Waals surface area contributed by atoms with E-state index in [-0.39, 0.29) is 5.82 Å². The van der Waals surface area contributed by atoms with E-state index in [1.165, 1.54) is 6.07 Å². The second-order valence-corrected chi connectivity index (χ2v) is 4.91. The van der Waals surface area contributed by atoms with Gasteiger partial charge in [0.05, 0.1) is 17.7 Å². The Labute approximate surface area is 123 Å². The van der Waals surface area contributed by atoms with E-state index in [0.29, 0.717) is 6.54 Å². The molecule has 106 valence electrons. The summed E-state index contributed by atoms with van der Waals surface area (Å²) in [5, 5.41) is 3.37. The molecule has 0 spiro atoms. The van der Waals surface area contributed by atoms with E-state index in [1.54, 1.807) is 24.7 Å². The molecule has 0 fully saturated rings. The molecule has 0 radical (unpaired) electrons. The Kier molecular flexibility index (Phi) is 3.69. The molecule has 1 aromatic heterocycles. The smallest absolute Gasteiger partial charge is 0.123 e. The van der Waals surface area contributed by atoms with E-state index in [9.17, 15) is 4.39 Å². The van der Waals surface area contributed by atoms with E-state index in [1.807, 2.05) is 42.0 Å². The molecule has 0 amide bonds. The summed E-state index contributed by atoms with van der Waals surface area (Å²) < 4.78 is 15.3. The van der Waals surface area contributed by atoms with Crippen molar-refractivity contribution in [3.63, 3.8) is 0 Å². The average Bonchev–Trinajstić information content (AvgIpc) is 3.03. The number of nitrogens with one attached hydrogen (secondary N) is 1. The minimum absolute atomic E-state index is 0.208. The molecule has 0 aliphatic rings. The minimum atomic E-state index is -0.208. The Morgan fingerprint density at radius 2 is 2.05 bits per heavy atom. The first-order chi connectivity index (χ1) is 10.2. The van der Waals surface area contributed by atoms with Crippen LogP contribution in [0.5, 0.6) is 0 Å². The van der Waals surface area contributed by atoms with Gasteiger partial charge in [-0.1, -0.05) is 18.2 Å². The van der Waals surface area contributed by atoms with Gasteiger partial charge in [0.1, 0.15) is 5.82 Å². The zero-order chi connectivity index (χ0) is 14.7. The molecule has 0 atom stereocenters. The lowest BCUT2D eigenvalue weighted by Crippen LogP contribution is -2.05. The van der Waals surface area contributed by atoms with E-state index in [2.05, 4.69) is 10.3 Å². The molecule has 2 aromatic carbocycles. The van der Waals surface area contributed by atoms with Gasteiger partial charge in [0, 0.05) is 18.9 Å².